The number of anilines is 1. The lowest BCUT2D eigenvalue weighted by Gasteiger charge is -2.16. The molecule has 3 rings (SSSR count). The van der Waals surface area contributed by atoms with Gasteiger partial charge in [-0.1, -0.05) is 0 Å². The SMILES string of the molecule is FC(F)(F)c1ccc(SNc2cnn3c2OCCC3)cc1. The van der Waals surface area contributed by atoms with Crippen molar-refractivity contribution in [2.24, 2.45) is 0 Å². The van der Waals surface area contributed by atoms with E-state index >= 15 is 0 Å². The van der Waals surface area contributed by atoms with Crippen molar-refractivity contribution in [3.8, 4) is 5.88 Å². The summed E-state index contributed by atoms with van der Waals surface area (Å²) in [5.41, 5.74) is 0.0673. The summed E-state index contributed by atoms with van der Waals surface area (Å²) in [4.78, 5) is 0.679. The molecule has 0 radical (unpaired) electrons. The van der Waals surface area contributed by atoms with Crippen LogP contribution in [0.1, 0.15) is 12.0 Å². The molecule has 2 heterocycles. The molecule has 1 aliphatic rings. The van der Waals surface area contributed by atoms with E-state index in [-0.39, 0.29) is 0 Å². The van der Waals surface area contributed by atoms with E-state index in [2.05, 4.69) is 9.82 Å². The number of halogens is 3. The summed E-state index contributed by atoms with van der Waals surface area (Å²) >= 11 is 1.22. The van der Waals surface area contributed by atoms with Crippen molar-refractivity contribution in [3.63, 3.8) is 0 Å². The molecular formula is C13H12F3N3OS. The van der Waals surface area contributed by atoms with Crippen LogP contribution in [0.25, 0.3) is 0 Å². The normalized spacial score (nSPS) is 14.4. The molecule has 0 saturated heterocycles. The molecule has 0 amide bonds. The lowest BCUT2D eigenvalue weighted by molar-refractivity contribution is -0.137. The summed E-state index contributed by atoms with van der Waals surface area (Å²) in [6.45, 7) is 1.45. The largest absolute Gasteiger partial charge is 0.476 e. The number of ether oxygens (including phenoxy) is 1. The Morgan fingerprint density at radius 3 is 2.71 bits per heavy atom. The van der Waals surface area contributed by atoms with Crippen LogP contribution in [0.5, 0.6) is 5.88 Å². The molecule has 1 N–H and O–H groups in total. The van der Waals surface area contributed by atoms with E-state index in [4.69, 9.17) is 4.74 Å². The third kappa shape index (κ3) is 3.10. The quantitative estimate of drug-likeness (QED) is 0.874. The molecule has 0 spiro atoms. The minimum atomic E-state index is -4.31. The van der Waals surface area contributed by atoms with Crippen LogP contribution in [0.4, 0.5) is 18.9 Å². The fourth-order valence-electron chi connectivity index (χ4n) is 1.96. The van der Waals surface area contributed by atoms with Gasteiger partial charge in [0.25, 0.3) is 0 Å². The van der Waals surface area contributed by atoms with Crippen LogP contribution in [0.15, 0.2) is 35.4 Å². The molecule has 1 aromatic heterocycles. The number of hydrogen-bond acceptors (Lipinski definition) is 4. The Balaban J connectivity index is 1.66. The molecule has 4 nitrogen and oxygen atoms in total. The molecule has 2 aromatic rings. The Morgan fingerprint density at radius 1 is 1.24 bits per heavy atom. The van der Waals surface area contributed by atoms with Crippen molar-refractivity contribution in [2.75, 3.05) is 11.3 Å². The number of nitrogens with one attached hydrogen (secondary N) is 1. The minimum Gasteiger partial charge on any atom is -0.476 e. The number of hydrogen-bond donors (Lipinski definition) is 1. The predicted octanol–water partition coefficient (Wildman–Crippen LogP) is 3.80. The van der Waals surface area contributed by atoms with E-state index < -0.39 is 11.7 Å². The van der Waals surface area contributed by atoms with Gasteiger partial charge in [0.15, 0.2) is 0 Å². The van der Waals surface area contributed by atoms with Crippen LogP contribution in [-0.4, -0.2) is 16.4 Å². The summed E-state index contributed by atoms with van der Waals surface area (Å²) in [6.07, 6.45) is -1.74. The van der Waals surface area contributed by atoms with Crippen LogP contribution in [0.3, 0.4) is 0 Å². The van der Waals surface area contributed by atoms with E-state index in [9.17, 15) is 13.2 Å². The van der Waals surface area contributed by atoms with Gasteiger partial charge in [-0.15, -0.1) is 0 Å². The second-order valence-electron chi connectivity index (χ2n) is 4.51. The second kappa shape index (κ2) is 5.51. The van der Waals surface area contributed by atoms with Gasteiger partial charge < -0.3 is 9.46 Å². The van der Waals surface area contributed by atoms with Crippen molar-refractivity contribution in [1.82, 2.24) is 9.78 Å². The van der Waals surface area contributed by atoms with Crippen LogP contribution in [-0.2, 0) is 12.7 Å². The average molecular weight is 315 g/mol. The Hall–Kier alpha value is -1.83. The van der Waals surface area contributed by atoms with Gasteiger partial charge in [0.2, 0.25) is 5.88 Å². The van der Waals surface area contributed by atoms with Gasteiger partial charge in [-0.05, 0) is 36.2 Å². The Kier molecular flexibility index (Phi) is 3.71. The maximum Gasteiger partial charge on any atom is 0.416 e. The van der Waals surface area contributed by atoms with Crippen LogP contribution >= 0.6 is 11.9 Å². The second-order valence-corrected chi connectivity index (χ2v) is 5.39. The first-order valence-corrected chi connectivity index (χ1v) is 7.14. The van der Waals surface area contributed by atoms with Gasteiger partial charge in [-0.25, -0.2) is 4.68 Å². The predicted molar refractivity (Wildman–Crippen MR) is 73.3 cm³/mol. The summed E-state index contributed by atoms with van der Waals surface area (Å²) in [5.74, 6) is 0.667. The van der Waals surface area contributed by atoms with Crippen LogP contribution < -0.4 is 9.46 Å². The lowest BCUT2D eigenvalue weighted by atomic mass is 10.2. The number of fused-ring (bicyclic) bond motifs is 1. The van der Waals surface area contributed by atoms with Gasteiger partial charge in [-0.2, -0.15) is 18.3 Å². The fourth-order valence-corrected chi connectivity index (χ4v) is 2.60. The summed E-state index contributed by atoms with van der Waals surface area (Å²) in [5, 5.41) is 4.18. The van der Waals surface area contributed by atoms with E-state index in [0.29, 0.717) is 17.4 Å². The number of benzene rings is 1. The minimum absolute atomic E-state index is 0.644. The maximum atomic E-state index is 12.5. The first kappa shape index (κ1) is 14.1. The highest BCUT2D eigenvalue weighted by Crippen LogP contribution is 2.33. The Bertz CT molecular complexity index is 625. The maximum absolute atomic E-state index is 12.5. The fraction of sp³-hybridized carbons (Fsp3) is 0.308. The average Bonchev–Trinajstić information content (AvgIpc) is 2.88. The monoisotopic (exact) mass is 315 g/mol. The molecule has 0 fully saturated rings. The van der Waals surface area contributed by atoms with Gasteiger partial charge in [-0.3, -0.25) is 0 Å². The van der Waals surface area contributed by atoms with Crippen LogP contribution in [0.2, 0.25) is 0 Å². The van der Waals surface area contributed by atoms with E-state index in [1.807, 2.05) is 0 Å². The highest BCUT2D eigenvalue weighted by atomic mass is 32.2. The van der Waals surface area contributed by atoms with Crippen molar-refractivity contribution < 1.29 is 17.9 Å². The number of aromatic nitrogens is 2. The van der Waals surface area contributed by atoms with Crippen LogP contribution in [0, 0.1) is 0 Å². The zero-order valence-corrected chi connectivity index (χ0v) is 11.7. The van der Waals surface area contributed by atoms with E-state index in [1.54, 1.807) is 10.9 Å². The molecule has 8 heteroatoms. The third-order valence-corrected chi connectivity index (χ3v) is 3.83. The van der Waals surface area contributed by atoms with Gasteiger partial charge in [0, 0.05) is 17.9 Å². The van der Waals surface area contributed by atoms with Crippen molar-refractivity contribution >= 4 is 17.6 Å². The molecule has 1 aliphatic heterocycles. The van der Waals surface area contributed by atoms with Gasteiger partial charge >= 0.3 is 6.18 Å². The molecule has 0 bridgehead atoms. The molecule has 0 atom stereocenters. The number of nitrogens with zero attached hydrogens (tertiary/aromatic N) is 2. The molecular weight excluding hydrogens is 303 g/mol. The van der Waals surface area contributed by atoms with E-state index in [1.165, 1.54) is 24.1 Å². The third-order valence-electron chi connectivity index (χ3n) is 3.00. The Labute approximate surface area is 123 Å². The zero-order valence-electron chi connectivity index (χ0n) is 10.9. The van der Waals surface area contributed by atoms with Gasteiger partial charge in [0.05, 0.1) is 18.4 Å². The summed E-state index contributed by atoms with van der Waals surface area (Å²) in [6, 6.07) is 4.98. The number of rotatable bonds is 3. The topological polar surface area (TPSA) is 39.1 Å². The highest BCUT2D eigenvalue weighted by Gasteiger charge is 2.29. The molecule has 112 valence electrons. The van der Waals surface area contributed by atoms with Crippen molar-refractivity contribution in [3.05, 3.63) is 36.0 Å². The van der Waals surface area contributed by atoms with Crippen molar-refractivity contribution in [1.29, 1.82) is 0 Å². The summed E-state index contributed by atoms with van der Waals surface area (Å²) in [7, 11) is 0. The number of alkyl halides is 3. The van der Waals surface area contributed by atoms with Gasteiger partial charge in [0.1, 0.15) is 5.69 Å². The first-order valence-electron chi connectivity index (χ1n) is 6.33. The molecule has 21 heavy (non-hydrogen) atoms. The zero-order chi connectivity index (χ0) is 14.9. The smallest absolute Gasteiger partial charge is 0.416 e. The standard InChI is InChI=1S/C13H12F3N3OS/c14-13(15,16)9-2-4-10(5-3-9)21-18-11-8-17-19-6-1-7-20-12(11)19/h2-5,8,18H,1,6-7H2. The molecule has 0 unspecified atom stereocenters. The highest BCUT2D eigenvalue weighted by molar-refractivity contribution is 8.00. The first-order chi connectivity index (χ1) is 10.0. The molecule has 1 aromatic carbocycles. The molecule has 0 aliphatic carbocycles. The number of aryl methyl sites for hydroxylation is 1. The summed E-state index contributed by atoms with van der Waals surface area (Å²) < 4.78 is 47.7. The van der Waals surface area contributed by atoms with E-state index in [0.717, 1.165) is 30.8 Å². The Morgan fingerprint density at radius 2 is 2.00 bits per heavy atom. The van der Waals surface area contributed by atoms with Crippen molar-refractivity contribution in [2.45, 2.75) is 24.0 Å². The lowest BCUT2D eigenvalue weighted by Crippen LogP contribution is -2.15. The molecule has 0 saturated carbocycles.